The number of anilines is 1. The van der Waals surface area contributed by atoms with Gasteiger partial charge in [0.05, 0.1) is 17.0 Å². The molecule has 1 saturated heterocycles. The van der Waals surface area contributed by atoms with Crippen LogP contribution in [0.1, 0.15) is 46.2 Å². The Labute approximate surface area is 149 Å². The van der Waals surface area contributed by atoms with E-state index in [0.717, 1.165) is 37.2 Å². The fourth-order valence-electron chi connectivity index (χ4n) is 3.94. The van der Waals surface area contributed by atoms with Crippen LogP contribution < -0.4 is 10.2 Å². The number of rotatable bonds is 4. The maximum absolute atomic E-state index is 12.5. The Morgan fingerprint density at radius 2 is 2.33 bits per heavy atom. The summed E-state index contributed by atoms with van der Waals surface area (Å²) < 4.78 is 0. The number of hydrogen-bond donors (Lipinski definition) is 2. The number of quaternary nitrogens is 1. The molecule has 2 atom stereocenters. The molecular formula is C18H20N3OS2+. The molecule has 0 aromatic carbocycles. The van der Waals surface area contributed by atoms with Crippen LogP contribution in [-0.4, -0.2) is 19.0 Å². The van der Waals surface area contributed by atoms with Gasteiger partial charge in [0.2, 0.25) is 0 Å². The average molecular weight is 359 g/mol. The van der Waals surface area contributed by atoms with E-state index >= 15 is 0 Å². The molecule has 2 aromatic heterocycles. The largest absolute Gasteiger partial charge is 0.320 e. The SMILES string of the molecule is N#Cc1c(NC(=O)C[NH+]2CCC[C@@H]2c2cccs2)sc2c1CCC2. The predicted molar refractivity (Wildman–Crippen MR) is 96.7 cm³/mol. The Kier molecular flexibility index (Phi) is 4.40. The van der Waals surface area contributed by atoms with Crippen molar-refractivity contribution in [1.29, 1.82) is 5.26 Å². The third-order valence-corrected chi connectivity index (χ3v) is 7.24. The van der Waals surface area contributed by atoms with Crippen LogP contribution in [0.2, 0.25) is 0 Å². The lowest BCUT2D eigenvalue weighted by Gasteiger charge is -2.19. The maximum Gasteiger partial charge on any atom is 0.280 e. The van der Waals surface area contributed by atoms with Crippen molar-refractivity contribution < 1.29 is 9.69 Å². The lowest BCUT2D eigenvalue weighted by atomic mass is 10.1. The lowest BCUT2D eigenvalue weighted by Crippen LogP contribution is -3.11. The highest BCUT2D eigenvalue weighted by molar-refractivity contribution is 7.16. The molecule has 2 aliphatic rings. The highest BCUT2D eigenvalue weighted by Gasteiger charge is 2.32. The van der Waals surface area contributed by atoms with Gasteiger partial charge in [-0.25, -0.2) is 0 Å². The number of likely N-dealkylation sites (tertiary alicyclic amines) is 1. The molecular weight excluding hydrogens is 338 g/mol. The van der Waals surface area contributed by atoms with Gasteiger partial charge < -0.3 is 10.2 Å². The van der Waals surface area contributed by atoms with Gasteiger partial charge >= 0.3 is 0 Å². The van der Waals surface area contributed by atoms with Crippen LogP contribution >= 0.6 is 22.7 Å². The first kappa shape index (κ1) is 15.8. The van der Waals surface area contributed by atoms with E-state index < -0.39 is 0 Å². The Hall–Kier alpha value is -1.68. The van der Waals surface area contributed by atoms with Crippen molar-refractivity contribution in [2.24, 2.45) is 0 Å². The molecule has 1 unspecified atom stereocenters. The van der Waals surface area contributed by atoms with Gasteiger partial charge in [0.15, 0.2) is 6.54 Å². The van der Waals surface area contributed by atoms with Crippen LogP contribution in [0, 0.1) is 11.3 Å². The molecule has 2 N–H and O–H groups in total. The fourth-order valence-corrected chi connectivity index (χ4v) is 6.12. The molecule has 0 radical (unpaired) electrons. The van der Waals surface area contributed by atoms with Gasteiger partial charge in [-0.05, 0) is 36.3 Å². The second kappa shape index (κ2) is 6.67. The van der Waals surface area contributed by atoms with Crippen molar-refractivity contribution >= 4 is 33.6 Å². The van der Waals surface area contributed by atoms with E-state index in [4.69, 9.17) is 0 Å². The lowest BCUT2D eigenvalue weighted by molar-refractivity contribution is -0.910. The summed E-state index contributed by atoms with van der Waals surface area (Å²) in [5.74, 6) is 0.0323. The Morgan fingerprint density at radius 1 is 1.42 bits per heavy atom. The molecule has 0 spiro atoms. The summed E-state index contributed by atoms with van der Waals surface area (Å²) in [7, 11) is 0. The molecule has 1 aliphatic carbocycles. The van der Waals surface area contributed by atoms with Gasteiger partial charge in [-0.1, -0.05) is 6.07 Å². The number of carbonyl (C=O) groups excluding carboxylic acids is 1. The number of fused-ring (bicyclic) bond motifs is 1. The summed E-state index contributed by atoms with van der Waals surface area (Å²) in [6.45, 7) is 1.53. The molecule has 1 aliphatic heterocycles. The highest BCUT2D eigenvalue weighted by Crippen LogP contribution is 2.38. The third kappa shape index (κ3) is 2.88. The number of amides is 1. The normalized spacial score (nSPS) is 22.3. The van der Waals surface area contributed by atoms with Crippen LogP contribution in [0.5, 0.6) is 0 Å². The minimum absolute atomic E-state index is 0.0323. The molecule has 4 rings (SSSR count). The molecule has 24 heavy (non-hydrogen) atoms. The quantitative estimate of drug-likeness (QED) is 0.882. The molecule has 1 amide bonds. The molecule has 2 aromatic rings. The predicted octanol–water partition coefficient (Wildman–Crippen LogP) is 2.53. The molecule has 0 saturated carbocycles. The topological polar surface area (TPSA) is 57.3 Å². The van der Waals surface area contributed by atoms with E-state index in [1.54, 1.807) is 22.7 Å². The molecule has 0 bridgehead atoms. The minimum atomic E-state index is 0.0323. The van der Waals surface area contributed by atoms with Crippen molar-refractivity contribution in [2.45, 2.75) is 38.1 Å². The summed E-state index contributed by atoms with van der Waals surface area (Å²) in [5.41, 5.74) is 1.87. The van der Waals surface area contributed by atoms with Crippen molar-refractivity contribution in [1.82, 2.24) is 0 Å². The second-order valence-electron chi connectivity index (χ2n) is 6.52. The summed E-state index contributed by atoms with van der Waals surface area (Å²) in [4.78, 5) is 16.6. The molecule has 124 valence electrons. The van der Waals surface area contributed by atoms with Crippen LogP contribution in [0.15, 0.2) is 17.5 Å². The minimum Gasteiger partial charge on any atom is -0.320 e. The average Bonchev–Trinajstić information content (AvgIpc) is 3.31. The van der Waals surface area contributed by atoms with E-state index in [1.807, 2.05) is 0 Å². The van der Waals surface area contributed by atoms with Crippen LogP contribution in [0.25, 0.3) is 0 Å². The van der Waals surface area contributed by atoms with Gasteiger partial charge in [-0.3, -0.25) is 4.79 Å². The van der Waals surface area contributed by atoms with Crippen LogP contribution in [0.4, 0.5) is 5.00 Å². The van der Waals surface area contributed by atoms with Crippen molar-refractivity contribution in [2.75, 3.05) is 18.4 Å². The Bertz CT molecular complexity index is 788. The standard InChI is InChI=1S/C18H19N3OS2/c19-10-13-12-4-1-6-15(12)24-18(13)20-17(22)11-21-8-2-5-14(21)16-7-3-9-23-16/h3,7,9,14H,1-2,4-6,8,11H2,(H,20,22)/p+1/t14-/m1/s1. The van der Waals surface area contributed by atoms with Crippen LogP contribution in [0.3, 0.4) is 0 Å². The Morgan fingerprint density at radius 3 is 3.12 bits per heavy atom. The van der Waals surface area contributed by atoms with E-state index in [2.05, 4.69) is 28.9 Å². The summed E-state index contributed by atoms with van der Waals surface area (Å²) in [6, 6.07) is 7.00. The van der Waals surface area contributed by atoms with E-state index in [-0.39, 0.29) is 5.91 Å². The summed E-state index contributed by atoms with van der Waals surface area (Å²) in [5, 5.41) is 15.3. The smallest absolute Gasteiger partial charge is 0.280 e. The van der Waals surface area contributed by atoms with Gasteiger partial charge in [0, 0.05) is 17.7 Å². The molecule has 6 heteroatoms. The van der Waals surface area contributed by atoms with E-state index in [9.17, 15) is 10.1 Å². The van der Waals surface area contributed by atoms with Crippen LogP contribution in [-0.2, 0) is 17.6 Å². The maximum atomic E-state index is 12.5. The van der Waals surface area contributed by atoms with Gasteiger partial charge in [0.25, 0.3) is 5.91 Å². The van der Waals surface area contributed by atoms with Crippen molar-refractivity contribution in [3.63, 3.8) is 0 Å². The number of hydrogen-bond acceptors (Lipinski definition) is 4. The number of nitrogens with zero attached hydrogens (tertiary/aromatic N) is 1. The zero-order valence-electron chi connectivity index (χ0n) is 13.4. The molecule has 4 nitrogen and oxygen atoms in total. The highest BCUT2D eigenvalue weighted by atomic mass is 32.1. The van der Waals surface area contributed by atoms with E-state index in [0.29, 0.717) is 18.2 Å². The first-order chi connectivity index (χ1) is 11.8. The van der Waals surface area contributed by atoms with Crippen molar-refractivity contribution in [3.8, 4) is 6.07 Å². The zero-order chi connectivity index (χ0) is 16.5. The number of thiophene rings is 2. The number of nitriles is 1. The first-order valence-corrected chi connectivity index (χ1v) is 10.2. The number of nitrogens with one attached hydrogen (secondary N) is 2. The van der Waals surface area contributed by atoms with Crippen molar-refractivity contribution in [3.05, 3.63) is 38.4 Å². The van der Waals surface area contributed by atoms with Gasteiger partial charge in [0.1, 0.15) is 17.1 Å². The monoisotopic (exact) mass is 358 g/mol. The fraction of sp³-hybridized carbons (Fsp3) is 0.444. The Balaban J connectivity index is 1.45. The third-order valence-electron chi connectivity index (χ3n) is 5.04. The van der Waals surface area contributed by atoms with E-state index in [1.165, 1.54) is 26.6 Å². The molecule has 3 heterocycles. The number of carbonyl (C=O) groups is 1. The summed E-state index contributed by atoms with van der Waals surface area (Å²) in [6.07, 6.45) is 5.47. The summed E-state index contributed by atoms with van der Waals surface area (Å²) >= 11 is 3.38. The zero-order valence-corrected chi connectivity index (χ0v) is 15.1. The van der Waals surface area contributed by atoms with Gasteiger partial charge in [-0.15, -0.1) is 22.7 Å². The number of aryl methyl sites for hydroxylation is 1. The van der Waals surface area contributed by atoms with Gasteiger partial charge in [-0.2, -0.15) is 5.26 Å². The first-order valence-electron chi connectivity index (χ1n) is 8.48. The second-order valence-corrected chi connectivity index (χ2v) is 8.60. The molecule has 1 fully saturated rings.